The minimum Gasteiger partial charge on any atom is -0.545 e. The van der Waals surface area contributed by atoms with Crippen LogP contribution < -0.4 is 10.8 Å². The van der Waals surface area contributed by atoms with E-state index in [-0.39, 0.29) is 0 Å². The molecule has 0 saturated heterocycles. The molecule has 5 nitrogen and oxygen atoms in total. The number of aliphatic carboxylic acids is 2. The molecule has 1 atom stereocenters. The molecule has 0 fully saturated rings. The van der Waals surface area contributed by atoms with Crippen LogP contribution in [0.25, 0.3) is 0 Å². The van der Waals surface area contributed by atoms with Crippen LogP contribution in [0.3, 0.4) is 0 Å². The largest absolute Gasteiger partial charge is 0.545 e. The summed E-state index contributed by atoms with van der Waals surface area (Å²) in [6.07, 6.45) is 0.942. The van der Waals surface area contributed by atoms with Crippen LogP contribution in [0.15, 0.2) is 42.5 Å². The van der Waals surface area contributed by atoms with E-state index in [4.69, 9.17) is 5.11 Å². The van der Waals surface area contributed by atoms with Gasteiger partial charge < -0.3 is 20.7 Å². The maximum absolute atomic E-state index is 9.53. The van der Waals surface area contributed by atoms with E-state index in [2.05, 4.69) is 24.8 Å². The molecule has 0 aromatic heterocycles. The van der Waals surface area contributed by atoms with E-state index in [1.165, 1.54) is 5.56 Å². The number of carbonyl (C=O) groups is 2. The third-order valence-electron chi connectivity index (χ3n) is 1.73. The Hall–Kier alpha value is -2.14. The summed E-state index contributed by atoms with van der Waals surface area (Å²) in [6.45, 7) is 2.09. The summed E-state index contributed by atoms with van der Waals surface area (Å²) in [5.74, 6) is -2.80. The molecule has 17 heavy (non-hydrogen) atoms. The summed E-state index contributed by atoms with van der Waals surface area (Å²) in [5.41, 5.74) is 5.21. The van der Waals surface area contributed by atoms with Gasteiger partial charge in [-0.05, 0) is 13.0 Å². The first-order valence-corrected chi connectivity index (χ1v) is 4.93. The second-order valence-electron chi connectivity index (χ2n) is 3.30. The van der Waals surface area contributed by atoms with Crippen LogP contribution in [0.5, 0.6) is 0 Å². The van der Waals surface area contributed by atoms with Crippen molar-refractivity contribution in [1.29, 1.82) is 0 Å². The van der Waals surface area contributed by atoms with Gasteiger partial charge in [-0.2, -0.15) is 0 Å². The van der Waals surface area contributed by atoms with Gasteiger partial charge >= 0.3 is 5.97 Å². The van der Waals surface area contributed by atoms with Crippen molar-refractivity contribution in [2.24, 2.45) is 0 Å². The van der Waals surface area contributed by atoms with Gasteiger partial charge in [-0.3, -0.25) is 0 Å². The lowest BCUT2D eigenvalue weighted by Gasteiger charge is -1.98. The Bertz CT molecular complexity index is 369. The highest BCUT2D eigenvalue weighted by atomic mass is 16.4. The summed E-state index contributed by atoms with van der Waals surface area (Å²) in [6, 6.07) is 10.7. The predicted octanol–water partition coefficient (Wildman–Crippen LogP) is -0.633. The molecule has 1 aromatic rings. The van der Waals surface area contributed by atoms with Crippen LogP contribution >= 0.6 is 0 Å². The molecule has 0 heterocycles. The van der Waals surface area contributed by atoms with Gasteiger partial charge in [0.1, 0.15) is 6.04 Å². The van der Waals surface area contributed by atoms with Crippen molar-refractivity contribution < 1.29 is 25.5 Å². The van der Waals surface area contributed by atoms with Crippen LogP contribution in [0.1, 0.15) is 18.5 Å². The normalized spacial score (nSPS) is 11.4. The number of carbonyl (C=O) groups excluding carboxylic acids is 1. The smallest absolute Gasteiger partial charge is 0.328 e. The monoisotopic (exact) mass is 237 g/mol. The number of benzene rings is 1. The van der Waals surface area contributed by atoms with Crippen molar-refractivity contribution in [2.45, 2.75) is 13.0 Å². The Morgan fingerprint density at radius 1 is 1.29 bits per heavy atom. The first-order chi connectivity index (χ1) is 7.93. The molecule has 0 aliphatic rings. The fourth-order valence-corrected chi connectivity index (χ4v) is 0.921. The van der Waals surface area contributed by atoms with Crippen LogP contribution in [0.4, 0.5) is 0 Å². The Balaban J connectivity index is 0.000000304. The first-order valence-electron chi connectivity index (χ1n) is 4.93. The molecule has 92 valence electrons. The number of quaternary nitrogens is 1. The number of carboxylic acid groups (broad SMARTS) is 2. The van der Waals surface area contributed by atoms with E-state index in [9.17, 15) is 14.7 Å². The standard InChI is InChI=1S/C8H11N.C4H4O4/c1-7(9)8-5-3-2-4-6-8;5-3(6)1-2-4(7)8/h2-7H,9H2,1H3;1-2H,(H,5,6)(H,7,8)/b;2-1+. The molecular formula is C12H15NO4. The maximum Gasteiger partial charge on any atom is 0.328 e. The molecule has 4 N–H and O–H groups in total. The van der Waals surface area contributed by atoms with Gasteiger partial charge in [0.15, 0.2) is 0 Å². The zero-order chi connectivity index (χ0) is 13.3. The number of hydrogen-bond acceptors (Lipinski definition) is 3. The maximum atomic E-state index is 9.53. The van der Waals surface area contributed by atoms with E-state index in [0.717, 1.165) is 0 Å². The highest BCUT2D eigenvalue weighted by Gasteiger charge is 1.97. The summed E-state index contributed by atoms with van der Waals surface area (Å²) in [4.78, 5) is 19.0. The predicted molar refractivity (Wildman–Crippen MR) is 59.5 cm³/mol. The van der Waals surface area contributed by atoms with Gasteiger partial charge in [-0.15, -0.1) is 0 Å². The SMILES string of the molecule is CC([NH3+])c1ccccc1.O=C([O-])/C=C/C(=O)O. The van der Waals surface area contributed by atoms with Crippen molar-refractivity contribution in [2.75, 3.05) is 0 Å². The van der Waals surface area contributed by atoms with Crippen LogP contribution in [0.2, 0.25) is 0 Å². The highest BCUT2D eigenvalue weighted by molar-refractivity contribution is 5.88. The molecule has 1 aromatic carbocycles. The van der Waals surface area contributed by atoms with Crippen molar-refractivity contribution in [3.8, 4) is 0 Å². The summed E-state index contributed by atoms with van der Waals surface area (Å²) in [7, 11) is 0. The van der Waals surface area contributed by atoms with Gasteiger partial charge in [0.25, 0.3) is 0 Å². The number of hydrogen-bond donors (Lipinski definition) is 2. The molecule has 0 aliphatic heterocycles. The molecule has 0 radical (unpaired) electrons. The van der Waals surface area contributed by atoms with E-state index in [0.29, 0.717) is 18.2 Å². The third kappa shape index (κ3) is 8.83. The van der Waals surface area contributed by atoms with E-state index < -0.39 is 11.9 Å². The lowest BCUT2D eigenvalue weighted by Crippen LogP contribution is -2.51. The van der Waals surface area contributed by atoms with E-state index in [1.807, 2.05) is 18.2 Å². The average molecular weight is 237 g/mol. The van der Waals surface area contributed by atoms with Gasteiger partial charge in [0.2, 0.25) is 0 Å². The summed E-state index contributed by atoms with van der Waals surface area (Å²) in [5, 5.41) is 17.2. The van der Waals surface area contributed by atoms with Crippen LogP contribution in [0, 0.1) is 0 Å². The lowest BCUT2D eigenvalue weighted by molar-refractivity contribution is -0.420. The number of carboxylic acids is 2. The van der Waals surface area contributed by atoms with Gasteiger partial charge in [-0.1, -0.05) is 30.3 Å². The molecule has 0 spiro atoms. The second kappa shape index (κ2) is 8.06. The van der Waals surface area contributed by atoms with Crippen molar-refractivity contribution >= 4 is 11.9 Å². The van der Waals surface area contributed by atoms with E-state index >= 15 is 0 Å². The van der Waals surface area contributed by atoms with Crippen molar-refractivity contribution in [3.05, 3.63) is 48.0 Å². The molecule has 0 saturated carbocycles. The fraction of sp³-hybridized carbons (Fsp3) is 0.167. The molecule has 0 amide bonds. The average Bonchev–Trinajstić information content (AvgIpc) is 2.28. The van der Waals surface area contributed by atoms with Crippen molar-refractivity contribution in [1.82, 2.24) is 0 Å². The topological polar surface area (TPSA) is 105 Å². The Morgan fingerprint density at radius 2 is 1.82 bits per heavy atom. The molecule has 5 heteroatoms. The third-order valence-corrected chi connectivity index (χ3v) is 1.73. The quantitative estimate of drug-likeness (QED) is 0.682. The first kappa shape index (κ1) is 14.9. The van der Waals surface area contributed by atoms with Gasteiger partial charge in [-0.25, -0.2) is 4.79 Å². The Morgan fingerprint density at radius 3 is 2.06 bits per heavy atom. The zero-order valence-corrected chi connectivity index (χ0v) is 9.50. The van der Waals surface area contributed by atoms with Crippen LogP contribution in [-0.2, 0) is 9.59 Å². The summed E-state index contributed by atoms with van der Waals surface area (Å²) >= 11 is 0. The Kier molecular flexibility index (Phi) is 7.05. The van der Waals surface area contributed by atoms with Gasteiger partial charge in [0, 0.05) is 11.6 Å². The molecule has 1 rings (SSSR count). The fourth-order valence-electron chi connectivity index (χ4n) is 0.921. The van der Waals surface area contributed by atoms with Crippen molar-refractivity contribution in [3.63, 3.8) is 0 Å². The minimum atomic E-state index is -1.51. The summed E-state index contributed by atoms with van der Waals surface area (Å²) < 4.78 is 0. The minimum absolute atomic E-state index is 0.409. The lowest BCUT2D eigenvalue weighted by atomic mass is 10.1. The Labute approximate surface area is 99.2 Å². The highest BCUT2D eigenvalue weighted by Crippen LogP contribution is 2.04. The number of rotatable bonds is 3. The molecule has 0 aliphatic carbocycles. The molecule has 1 unspecified atom stereocenters. The zero-order valence-electron chi connectivity index (χ0n) is 9.50. The van der Waals surface area contributed by atoms with E-state index in [1.54, 1.807) is 0 Å². The molecule has 0 bridgehead atoms. The second-order valence-corrected chi connectivity index (χ2v) is 3.30. The van der Waals surface area contributed by atoms with Crippen LogP contribution in [-0.4, -0.2) is 17.0 Å². The molecular weight excluding hydrogens is 222 g/mol. The van der Waals surface area contributed by atoms with Gasteiger partial charge in [0.05, 0.1) is 5.97 Å².